The van der Waals surface area contributed by atoms with E-state index in [9.17, 15) is 13.6 Å². The molecule has 0 aliphatic rings. The Hall–Kier alpha value is -1.14. The van der Waals surface area contributed by atoms with E-state index in [4.69, 9.17) is 5.73 Å². The van der Waals surface area contributed by atoms with Gasteiger partial charge in [0.15, 0.2) is 0 Å². The van der Waals surface area contributed by atoms with Gasteiger partial charge in [0, 0.05) is 5.56 Å². The Labute approximate surface area is 115 Å². The summed E-state index contributed by atoms with van der Waals surface area (Å²) in [6, 6.07) is 1.90. The van der Waals surface area contributed by atoms with Crippen molar-refractivity contribution < 1.29 is 13.6 Å². The van der Waals surface area contributed by atoms with Crippen molar-refractivity contribution in [2.24, 2.45) is 5.73 Å². The van der Waals surface area contributed by atoms with Crippen molar-refractivity contribution in [3.8, 4) is 0 Å². The van der Waals surface area contributed by atoms with Gasteiger partial charge in [-0.3, -0.25) is 4.79 Å². The molecular weight excluding hydrogens is 270 g/mol. The second-order valence-electron chi connectivity index (χ2n) is 4.28. The molecule has 0 aliphatic heterocycles. The number of nitrogens with two attached hydrogens (primary N) is 1. The van der Waals surface area contributed by atoms with Gasteiger partial charge in [-0.1, -0.05) is 0 Å². The Balaban J connectivity index is 2.66. The van der Waals surface area contributed by atoms with Crippen LogP contribution in [0.4, 0.5) is 8.78 Å². The molecular formula is C13H18F2N2OS. The number of carbonyl (C=O) groups excluding carboxylic acids is 1. The molecule has 2 atom stereocenters. The zero-order valence-corrected chi connectivity index (χ0v) is 11.8. The van der Waals surface area contributed by atoms with Gasteiger partial charge in [0.2, 0.25) is 5.91 Å². The summed E-state index contributed by atoms with van der Waals surface area (Å²) in [6.45, 7) is 1.59. The Morgan fingerprint density at radius 2 is 2.16 bits per heavy atom. The van der Waals surface area contributed by atoms with Gasteiger partial charge in [0.25, 0.3) is 0 Å². The topological polar surface area (TPSA) is 55.1 Å². The van der Waals surface area contributed by atoms with Crippen molar-refractivity contribution in [3.05, 3.63) is 35.4 Å². The Morgan fingerprint density at radius 1 is 1.47 bits per heavy atom. The van der Waals surface area contributed by atoms with E-state index in [-0.39, 0.29) is 11.5 Å². The van der Waals surface area contributed by atoms with Gasteiger partial charge < -0.3 is 11.1 Å². The first kappa shape index (κ1) is 15.9. The molecule has 0 bridgehead atoms. The minimum atomic E-state index is -0.633. The van der Waals surface area contributed by atoms with E-state index < -0.39 is 23.7 Å². The molecule has 0 aromatic heterocycles. The number of thioether (sulfide) groups is 1. The summed E-state index contributed by atoms with van der Waals surface area (Å²) in [5.41, 5.74) is 5.82. The molecule has 1 rings (SSSR count). The minimum Gasteiger partial charge on any atom is -0.348 e. The first-order valence-electron chi connectivity index (χ1n) is 5.95. The fourth-order valence-electron chi connectivity index (χ4n) is 1.62. The average Bonchev–Trinajstić information content (AvgIpc) is 2.38. The third-order valence-electron chi connectivity index (χ3n) is 2.75. The van der Waals surface area contributed by atoms with Gasteiger partial charge >= 0.3 is 0 Å². The molecule has 1 aromatic carbocycles. The zero-order chi connectivity index (χ0) is 14.4. The molecule has 0 saturated heterocycles. The van der Waals surface area contributed by atoms with Gasteiger partial charge in [-0.2, -0.15) is 11.8 Å². The summed E-state index contributed by atoms with van der Waals surface area (Å²) in [5, 5.41) is 2.59. The molecule has 6 heteroatoms. The molecule has 1 aromatic rings. The third-order valence-corrected chi connectivity index (χ3v) is 3.40. The molecule has 3 N–H and O–H groups in total. The van der Waals surface area contributed by atoms with Gasteiger partial charge in [-0.05, 0) is 43.6 Å². The fourth-order valence-corrected chi connectivity index (χ4v) is 2.11. The highest BCUT2D eigenvalue weighted by atomic mass is 32.2. The lowest BCUT2D eigenvalue weighted by atomic mass is 10.1. The number of carbonyl (C=O) groups is 1. The van der Waals surface area contributed by atoms with E-state index in [1.165, 1.54) is 0 Å². The van der Waals surface area contributed by atoms with Crippen LogP contribution < -0.4 is 11.1 Å². The zero-order valence-electron chi connectivity index (χ0n) is 11.0. The van der Waals surface area contributed by atoms with Crippen molar-refractivity contribution in [1.82, 2.24) is 5.32 Å². The molecule has 0 aliphatic carbocycles. The molecule has 106 valence electrons. The number of amides is 1. The number of rotatable bonds is 6. The Bertz CT molecular complexity index is 443. The second kappa shape index (κ2) is 7.45. The van der Waals surface area contributed by atoms with Crippen LogP contribution in [0.2, 0.25) is 0 Å². The number of benzene rings is 1. The number of halogens is 2. The smallest absolute Gasteiger partial charge is 0.237 e. The highest BCUT2D eigenvalue weighted by Crippen LogP contribution is 2.18. The highest BCUT2D eigenvalue weighted by Gasteiger charge is 2.18. The summed E-state index contributed by atoms with van der Waals surface area (Å²) in [6.07, 6.45) is 2.47. The van der Waals surface area contributed by atoms with Crippen LogP contribution in [0.5, 0.6) is 0 Å². The molecule has 0 spiro atoms. The molecule has 0 radical (unpaired) electrons. The quantitative estimate of drug-likeness (QED) is 0.844. The molecule has 0 heterocycles. The Kier molecular flexibility index (Phi) is 6.24. The molecule has 3 nitrogen and oxygen atoms in total. The van der Waals surface area contributed by atoms with Crippen LogP contribution >= 0.6 is 11.8 Å². The van der Waals surface area contributed by atoms with Crippen molar-refractivity contribution in [2.75, 3.05) is 12.0 Å². The average molecular weight is 288 g/mol. The Morgan fingerprint density at radius 3 is 2.79 bits per heavy atom. The summed E-state index contributed by atoms with van der Waals surface area (Å²) >= 11 is 1.60. The maximum Gasteiger partial charge on any atom is 0.237 e. The predicted molar refractivity (Wildman–Crippen MR) is 73.9 cm³/mol. The van der Waals surface area contributed by atoms with Gasteiger partial charge in [-0.15, -0.1) is 0 Å². The number of hydrogen-bond acceptors (Lipinski definition) is 3. The van der Waals surface area contributed by atoms with Crippen LogP contribution in [0.25, 0.3) is 0 Å². The van der Waals surface area contributed by atoms with Crippen LogP contribution in [-0.2, 0) is 4.79 Å². The lowest BCUT2D eigenvalue weighted by Gasteiger charge is -2.18. The van der Waals surface area contributed by atoms with E-state index in [1.54, 1.807) is 18.7 Å². The van der Waals surface area contributed by atoms with Crippen molar-refractivity contribution in [2.45, 2.75) is 25.4 Å². The molecule has 0 saturated carbocycles. The first-order chi connectivity index (χ1) is 8.95. The maximum atomic E-state index is 13.5. The number of hydrogen-bond donors (Lipinski definition) is 2. The van der Waals surface area contributed by atoms with E-state index >= 15 is 0 Å². The minimum absolute atomic E-state index is 0.116. The second-order valence-corrected chi connectivity index (χ2v) is 5.27. The standard InChI is InChI=1S/C13H18F2N2OS/c1-8(10-7-9(14)3-4-11(10)15)17-13(18)12(16)5-6-19-2/h3-4,7-8,12H,5-6,16H2,1-2H3,(H,17,18)/t8?,12-/m1/s1. The van der Waals surface area contributed by atoms with Gasteiger partial charge in [0.05, 0.1) is 12.1 Å². The summed E-state index contributed by atoms with van der Waals surface area (Å²) in [5.74, 6) is -0.668. The lowest BCUT2D eigenvalue weighted by molar-refractivity contribution is -0.123. The van der Waals surface area contributed by atoms with Crippen LogP contribution in [0.15, 0.2) is 18.2 Å². The first-order valence-corrected chi connectivity index (χ1v) is 7.35. The third kappa shape index (κ3) is 4.80. The molecule has 1 unspecified atom stereocenters. The van der Waals surface area contributed by atoms with E-state index in [2.05, 4.69) is 5.32 Å². The van der Waals surface area contributed by atoms with Crippen LogP contribution in [-0.4, -0.2) is 24.0 Å². The normalized spacial score (nSPS) is 13.9. The summed E-state index contributed by atoms with van der Waals surface area (Å²) < 4.78 is 26.6. The largest absolute Gasteiger partial charge is 0.348 e. The SMILES string of the molecule is CSCC[C@@H](N)C(=O)NC(C)c1cc(F)ccc1F. The van der Waals surface area contributed by atoms with Crippen molar-refractivity contribution in [1.29, 1.82) is 0 Å². The van der Waals surface area contributed by atoms with Crippen molar-refractivity contribution in [3.63, 3.8) is 0 Å². The molecule has 0 fully saturated rings. The van der Waals surface area contributed by atoms with Gasteiger partial charge in [-0.25, -0.2) is 8.78 Å². The van der Waals surface area contributed by atoms with E-state index in [0.29, 0.717) is 6.42 Å². The van der Waals surface area contributed by atoms with Crippen LogP contribution in [0.1, 0.15) is 24.9 Å². The van der Waals surface area contributed by atoms with E-state index in [0.717, 1.165) is 24.0 Å². The van der Waals surface area contributed by atoms with Crippen LogP contribution in [0, 0.1) is 11.6 Å². The molecule has 19 heavy (non-hydrogen) atoms. The highest BCUT2D eigenvalue weighted by molar-refractivity contribution is 7.98. The van der Waals surface area contributed by atoms with E-state index in [1.807, 2.05) is 6.26 Å². The fraction of sp³-hybridized carbons (Fsp3) is 0.462. The monoisotopic (exact) mass is 288 g/mol. The van der Waals surface area contributed by atoms with Crippen molar-refractivity contribution >= 4 is 17.7 Å². The predicted octanol–water partition coefficient (Wildman–Crippen LogP) is 2.22. The number of nitrogens with one attached hydrogen (secondary N) is 1. The summed E-state index contributed by atoms with van der Waals surface area (Å²) in [4.78, 5) is 11.8. The lowest BCUT2D eigenvalue weighted by Crippen LogP contribution is -2.42. The molecule has 1 amide bonds. The maximum absolute atomic E-state index is 13.5. The van der Waals surface area contributed by atoms with Crippen LogP contribution in [0.3, 0.4) is 0 Å². The summed E-state index contributed by atoms with van der Waals surface area (Å²) in [7, 11) is 0. The van der Waals surface area contributed by atoms with Gasteiger partial charge in [0.1, 0.15) is 11.6 Å².